The van der Waals surface area contributed by atoms with E-state index >= 15 is 0 Å². The number of sulfonamides is 1. The molecule has 0 aromatic heterocycles. The molecule has 1 aliphatic heterocycles. The SMILES string of the molecule is CN1CCN(c2ccc(N)cc2S(N)(=O)=O)C(C)(C)C1=O. The Bertz CT molecular complexity index is 685. The van der Waals surface area contributed by atoms with E-state index in [1.807, 2.05) is 0 Å². The third-order valence-electron chi connectivity index (χ3n) is 3.79. The number of amides is 1. The number of likely N-dealkylation sites (N-methyl/N-ethyl adjacent to an activating group) is 1. The van der Waals surface area contributed by atoms with Crippen LogP contribution in [-0.4, -0.2) is 44.9 Å². The van der Waals surface area contributed by atoms with Crippen LogP contribution in [0.5, 0.6) is 0 Å². The highest BCUT2D eigenvalue weighted by molar-refractivity contribution is 7.89. The Hall–Kier alpha value is -1.80. The van der Waals surface area contributed by atoms with Crippen LogP contribution in [-0.2, 0) is 14.8 Å². The predicted molar refractivity (Wildman–Crippen MR) is 81.3 cm³/mol. The third-order valence-corrected chi connectivity index (χ3v) is 4.73. The standard InChI is InChI=1S/C13H20N4O3S/c1-13(2)12(18)16(3)6-7-17(13)10-5-4-9(14)8-11(10)21(15,19)20/h4-5,8H,6-7,14H2,1-3H3,(H2,15,19,20). The Morgan fingerprint density at radius 1 is 1.24 bits per heavy atom. The summed E-state index contributed by atoms with van der Waals surface area (Å²) in [6, 6.07) is 4.52. The second-order valence-electron chi connectivity index (χ2n) is 5.71. The van der Waals surface area contributed by atoms with Crippen LogP contribution in [0.2, 0.25) is 0 Å². The highest BCUT2D eigenvalue weighted by Crippen LogP contribution is 2.34. The molecule has 0 spiro atoms. The van der Waals surface area contributed by atoms with Gasteiger partial charge in [0.2, 0.25) is 15.9 Å². The summed E-state index contributed by atoms with van der Waals surface area (Å²) in [5, 5.41) is 5.28. The van der Waals surface area contributed by atoms with Crippen LogP contribution in [0.1, 0.15) is 13.8 Å². The minimum Gasteiger partial charge on any atom is -0.399 e. The second-order valence-corrected chi connectivity index (χ2v) is 7.24. The fraction of sp³-hybridized carbons (Fsp3) is 0.462. The summed E-state index contributed by atoms with van der Waals surface area (Å²) in [5.41, 5.74) is 5.51. The molecule has 1 aromatic rings. The smallest absolute Gasteiger partial charge is 0.247 e. The molecule has 2 rings (SSSR count). The number of carbonyl (C=O) groups excluding carboxylic acids is 1. The first-order valence-corrected chi connectivity index (χ1v) is 8.05. The molecule has 21 heavy (non-hydrogen) atoms. The van der Waals surface area contributed by atoms with Crippen molar-refractivity contribution in [1.82, 2.24) is 4.90 Å². The van der Waals surface area contributed by atoms with Crippen LogP contribution in [0.3, 0.4) is 0 Å². The molecule has 0 atom stereocenters. The van der Waals surface area contributed by atoms with Crippen molar-refractivity contribution in [2.45, 2.75) is 24.3 Å². The highest BCUT2D eigenvalue weighted by Gasteiger charge is 2.41. The first-order chi connectivity index (χ1) is 9.55. The zero-order valence-electron chi connectivity index (χ0n) is 12.3. The quantitative estimate of drug-likeness (QED) is 0.745. The number of benzene rings is 1. The van der Waals surface area contributed by atoms with Crippen LogP contribution < -0.4 is 15.8 Å². The van der Waals surface area contributed by atoms with Crippen LogP contribution in [0.15, 0.2) is 23.1 Å². The number of nitrogens with two attached hydrogens (primary N) is 2. The summed E-state index contributed by atoms with van der Waals surface area (Å²) in [6.45, 7) is 4.54. The van der Waals surface area contributed by atoms with Gasteiger partial charge in [-0.2, -0.15) is 0 Å². The Kier molecular flexibility index (Phi) is 3.63. The molecule has 1 heterocycles. The van der Waals surface area contributed by atoms with Crippen molar-refractivity contribution in [1.29, 1.82) is 0 Å². The summed E-state index contributed by atoms with van der Waals surface area (Å²) < 4.78 is 23.6. The van der Waals surface area contributed by atoms with Gasteiger partial charge in [-0.25, -0.2) is 13.6 Å². The number of carbonyl (C=O) groups is 1. The molecule has 0 saturated carbocycles. The van der Waals surface area contributed by atoms with Crippen molar-refractivity contribution < 1.29 is 13.2 Å². The molecule has 0 radical (unpaired) electrons. The van der Waals surface area contributed by atoms with Crippen molar-refractivity contribution in [3.63, 3.8) is 0 Å². The largest absolute Gasteiger partial charge is 0.399 e. The van der Waals surface area contributed by atoms with Crippen molar-refractivity contribution in [3.8, 4) is 0 Å². The number of nitrogens with zero attached hydrogens (tertiary/aromatic N) is 2. The molecule has 0 aliphatic carbocycles. The molecule has 116 valence electrons. The lowest BCUT2D eigenvalue weighted by molar-refractivity contribution is -0.136. The topological polar surface area (TPSA) is 110 Å². The van der Waals surface area contributed by atoms with Gasteiger partial charge in [-0.3, -0.25) is 4.79 Å². The molecule has 7 nitrogen and oxygen atoms in total. The zero-order valence-corrected chi connectivity index (χ0v) is 13.1. The van der Waals surface area contributed by atoms with E-state index in [1.165, 1.54) is 6.07 Å². The van der Waals surface area contributed by atoms with Gasteiger partial charge in [-0.05, 0) is 32.0 Å². The lowest BCUT2D eigenvalue weighted by Crippen LogP contribution is -2.62. The van der Waals surface area contributed by atoms with E-state index in [0.29, 0.717) is 24.5 Å². The molecule has 1 fully saturated rings. The van der Waals surface area contributed by atoms with Gasteiger partial charge in [-0.15, -0.1) is 0 Å². The van der Waals surface area contributed by atoms with Crippen molar-refractivity contribution in [3.05, 3.63) is 18.2 Å². The van der Waals surface area contributed by atoms with Gasteiger partial charge in [-0.1, -0.05) is 0 Å². The Morgan fingerprint density at radius 2 is 1.86 bits per heavy atom. The average molecular weight is 312 g/mol. The van der Waals surface area contributed by atoms with E-state index in [4.69, 9.17) is 10.9 Å². The van der Waals surface area contributed by atoms with Crippen LogP contribution in [0.25, 0.3) is 0 Å². The number of nitrogen functional groups attached to an aromatic ring is 1. The summed E-state index contributed by atoms with van der Waals surface area (Å²) in [5.74, 6) is -0.0778. The molecular formula is C13H20N4O3S. The van der Waals surface area contributed by atoms with E-state index in [9.17, 15) is 13.2 Å². The normalized spacial score (nSPS) is 19.0. The van der Waals surface area contributed by atoms with Crippen LogP contribution in [0, 0.1) is 0 Å². The molecule has 0 bridgehead atoms. The lowest BCUT2D eigenvalue weighted by atomic mass is 9.96. The van der Waals surface area contributed by atoms with Crippen LogP contribution in [0.4, 0.5) is 11.4 Å². The zero-order chi connectivity index (χ0) is 16.0. The van der Waals surface area contributed by atoms with Gasteiger partial charge in [0.15, 0.2) is 0 Å². The number of rotatable bonds is 2. The predicted octanol–water partition coefficient (Wildman–Crippen LogP) is -0.0268. The second kappa shape index (κ2) is 4.88. The number of hydrogen-bond donors (Lipinski definition) is 2. The van der Waals surface area contributed by atoms with Crippen molar-refractivity contribution >= 4 is 27.3 Å². The lowest BCUT2D eigenvalue weighted by Gasteiger charge is -2.46. The number of hydrogen-bond acceptors (Lipinski definition) is 5. The first-order valence-electron chi connectivity index (χ1n) is 6.50. The summed E-state index contributed by atoms with van der Waals surface area (Å²) >= 11 is 0. The third kappa shape index (κ3) is 2.68. The monoisotopic (exact) mass is 312 g/mol. The van der Waals surface area contributed by atoms with E-state index < -0.39 is 15.6 Å². The average Bonchev–Trinajstić information content (AvgIpc) is 2.36. The Morgan fingerprint density at radius 3 is 2.43 bits per heavy atom. The maximum absolute atomic E-state index is 12.3. The first kappa shape index (κ1) is 15.6. The summed E-state index contributed by atoms with van der Waals surface area (Å²) in [6.07, 6.45) is 0. The number of piperazine rings is 1. The summed E-state index contributed by atoms with van der Waals surface area (Å²) in [7, 11) is -2.21. The molecule has 1 aromatic carbocycles. The maximum Gasteiger partial charge on any atom is 0.247 e. The van der Waals surface area contributed by atoms with Crippen LogP contribution >= 0.6 is 0 Å². The Balaban J connectivity index is 2.60. The minimum absolute atomic E-state index is 0.0621. The molecule has 4 N–H and O–H groups in total. The Labute approximate surface area is 124 Å². The van der Waals surface area contributed by atoms with Crippen molar-refractivity contribution in [2.75, 3.05) is 30.8 Å². The molecule has 8 heteroatoms. The highest BCUT2D eigenvalue weighted by atomic mass is 32.2. The maximum atomic E-state index is 12.3. The molecule has 0 unspecified atom stereocenters. The fourth-order valence-corrected chi connectivity index (χ4v) is 3.39. The van der Waals surface area contributed by atoms with Gasteiger partial charge >= 0.3 is 0 Å². The molecule has 1 saturated heterocycles. The molecular weight excluding hydrogens is 292 g/mol. The molecule has 1 amide bonds. The van der Waals surface area contributed by atoms with E-state index in [2.05, 4.69) is 0 Å². The van der Waals surface area contributed by atoms with E-state index in [0.717, 1.165) is 0 Å². The summed E-state index contributed by atoms with van der Waals surface area (Å²) in [4.78, 5) is 15.7. The van der Waals surface area contributed by atoms with Gasteiger partial charge in [0.05, 0.1) is 5.69 Å². The van der Waals surface area contributed by atoms with E-state index in [-0.39, 0.29) is 10.8 Å². The number of anilines is 2. The van der Waals surface area contributed by atoms with Crippen molar-refractivity contribution in [2.24, 2.45) is 5.14 Å². The van der Waals surface area contributed by atoms with E-state index in [1.54, 1.807) is 42.8 Å². The van der Waals surface area contributed by atoms with Gasteiger partial charge in [0, 0.05) is 25.8 Å². The number of primary sulfonamides is 1. The van der Waals surface area contributed by atoms with Gasteiger partial charge < -0.3 is 15.5 Å². The van der Waals surface area contributed by atoms with Gasteiger partial charge in [0.1, 0.15) is 10.4 Å². The fourth-order valence-electron chi connectivity index (χ4n) is 2.62. The minimum atomic E-state index is -3.93. The molecule has 1 aliphatic rings. The van der Waals surface area contributed by atoms with Gasteiger partial charge in [0.25, 0.3) is 0 Å².